The van der Waals surface area contributed by atoms with Crippen LogP contribution in [0.15, 0.2) is 52.4 Å². The van der Waals surface area contributed by atoms with Crippen molar-refractivity contribution in [3.05, 3.63) is 63.9 Å². The predicted molar refractivity (Wildman–Crippen MR) is 127 cm³/mol. The minimum atomic E-state index is -0.147. The fraction of sp³-hybridized carbons (Fsp3) is 0.261. The van der Waals surface area contributed by atoms with E-state index in [1.165, 1.54) is 6.21 Å². The van der Waals surface area contributed by atoms with Gasteiger partial charge in [0, 0.05) is 32.4 Å². The van der Waals surface area contributed by atoms with Crippen molar-refractivity contribution >= 4 is 40.9 Å². The van der Waals surface area contributed by atoms with Crippen LogP contribution < -0.4 is 15.9 Å². The summed E-state index contributed by atoms with van der Waals surface area (Å²) < 4.78 is 0. The van der Waals surface area contributed by atoms with Gasteiger partial charge in [-0.3, -0.25) is 20.0 Å². The van der Waals surface area contributed by atoms with Crippen molar-refractivity contribution in [2.45, 2.75) is 13.3 Å². The average molecular weight is 432 g/mol. The van der Waals surface area contributed by atoms with Crippen LogP contribution in [-0.4, -0.2) is 59.4 Å². The molecule has 1 amide bonds. The summed E-state index contributed by atoms with van der Waals surface area (Å²) in [5.74, 6) is 0.445. The molecule has 164 valence electrons. The van der Waals surface area contributed by atoms with E-state index < -0.39 is 0 Å². The molecule has 0 spiro atoms. The van der Waals surface area contributed by atoms with Crippen LogP contribution in [0.25, 0.3) is 10.9 Å². The normalized spacial score (nSPS) is 14.5. The zero-order valence-electron chi connectivity index (χ0n) is 17.8. The summed E-state index contributed by atoms with van der Waals surface area (Å²) in [4.78, 5) is 37.3. The van der Waals surface area contributed by atoms with Crippen LogP contribution >= 0.6 is 0 Å². The number of hydrogen-bond acceptors (Lipinski definition) is 7. The van der Waals surface area contributed by atoms with E-state index in [0.29, 0.717) is 54.3 Å². The zero-order valence-corrected chi connectivity index (χ0v) is 17.8. The molecule has 3 N–H and O–H groups in total. The second-order valence-corrected chi connectivity index (χ2v) is 7.59. The Bertz CT molecular complexity index is 1230. The molecule has 1 aromatic heterocycles. The van der Waals surface area contributed by atoms with E-state index >= 15 is 0 Å². The van der Waals surface area contributed by atoms with Crippen LogP contribution in [0.4, 0.5) is 11.6 Å². The second kappa shape index (κ2) is 9.42. The molecule has 0 radical (unpaired) electrons. The standard InChI is InChI=1S/C23H25N7O2/c1-16-6-4-9-19-20(16)21(31)27-23(26-19)30-13-5-12-29(14-15-30)22(32)17-7-2-3-8-18(17)28-25-11-10-24/h2-4,6-11,24,28H,5,12-15H2,1H3,(H,26,27,31)/b24-10?,25-11-. The molecule has 1 fully saturated rings. The Morgan fingerprint density at radius 1 is 1.16 bits per heavy atom. The molecule has 0 atom stereocenters. The third-order valence-electron chi connectivity index (χ3n) is 5.50. The molecule has 32 heavy (non-hydrogen) atoms. The van der Waals surface area contributed by atoms with Crippen molar-refractivity contribution in [2.75, 3.05) is 36.5 Å². The SMILES string of the molecule is Cc1cccc2nc(N3CCCN(C(=O)c4ccccc4N/N=C\C=N)CC3)[nH]c(=O)c12. The molecule has 3 aromatic rings. The summed E-state index contributed by atoms with van der Waals surface area (Å²) in [5, 5.41) is 11.6. The molecule has 2 heterocycles. The molecule has 1 aliphatic rings. The number of amides is 1. The molecule has 0 unspecified atom stereocenters. The second-order valence-electron chi connectivity index (χ2n) is 7.59. The smallest absolute Gasteiger partial charge is 0.260 e. The van der Waals surface area contributed by atoms with E-state index in [1.54, 1.807) is 12.1 Å². The number of hydrogen-bond donors (Lipinski definition) is 3. The summed E-state index contributed by atoms with van der Waals surface area (Å²) in [7, 11) is 0. The Kier molecular flexibility index (Phi) is 6.25. The lowest BCUT2D eigenvalue weighted by Crippen LogP contribution is -2.36. The highest BCUT2D eigenvalue weighted by atomic mass is 16.2. The number of benzene rings is 2. The maximum absolute atomic E-state index is 13.2. The summed E-state index contributed by atoms with van der Waals surface area (Å²) >= 11 is 0. The summed E-state index contributed by atoms with van der Waals surface area (Å²) in [6.45, 7) is 4.26. The molecule has 9 heteroatoms. The Morgan fingerprint density at radius 2 is 2.00 bits per heavy atom. The first-order valence-corrected chi connectivity index (χ1v) is 10.5. The minimum Gasteiger partial charge on any atom is -0.340 e. The van der Waals surface area contributed by atoms with Crippen molar-refractivity contribution in [2.24, 2.45) is 5.10 Å². The third-order valence-corrected chi connectivity index (χ3v) is 5.50. The summed E-state index contributed by atoms with van der Waals surface area (Å²) in [5.41, 5.74) is 5.36. The van der Waals surface area contributed by atoms with Gasteiger partial charge in [-0.1, -0.05) is 24.3 Å². The fourth-order valence-corrected chi connectivity index (χ4v) is 3.91. The number of aryl methyl sites for hydroxylation is 1. The highest BCUT2D eigenvalue weighted by Crippen LogP contribution is 2.20. The first kappa shape index (κ1) is 21.2. The Morgan fingerprint density at radius 3 is 2.84 bits per heavy atom. The lowest BCUT2D eigenvalue weighted by atomic mass is 10.1. The van der Waals surface area contributed by atoms with Crippen LogP contribution in [0.5, 0.6) is 0 Å². The predicted octanol–water partition coefficient (Wildman–Crippen LogP) is 2.63. The molecule has 4 rings (SSSR count). The highest BCUT2D eigenvalue weighted by molar-refractivity contribution is 6.14. The molecular weight excluding hydrogens is 406 g/mol. The quantitative estimate of drug-likeness (QED) is 0.424. The molecule has 2 aromatic carbocycles. The lowest BCUT2D eigenvalue weighted by Gasteiger charge is -2.23. The van der Waals surface area contributed by atoms with E-state index in [2.05, 4.69) is 20.5 Å². The number of H-pyrrole nitrogens is 1. The third kappa shape index (κ3) is 4.36. The number of nitrogens with zero attached hydrogens (tertiary/aromatic N) is 4. The Hall–Kier alpha value is -4.01. The van der Waals surface area contributed by atoms with Crippen molar-refractivity contribution in [3.8, 4) is 0 Å². The fourth-order valence-electron chi connectivity index (χ4n) is 3.91. The van der Waals surface area contributed by atoms with Crippen LogP contribution in [-0.2, 0) is 0 Å². The lowest BCUT2D eigenvalue weighted by molar-refractivity contribution is 0.0768. The number of nitrogens with one attached hydrogen (secondary N) is 3. The van der Waals surface area contributed by atoms with E-state index in [4.69, 9.17) is 5.41 Å². The van der Waals surface area contributed by atoms with Crippen LogP contribution in [0, 0.1) is 12.3 Å². The van der Waals surface area contributed by atoms with Gasteiger partial charge in [-0.15, -0.1) is 0 Å². The Labute approximate surface area is 185 Å². The van der Waals surface area contributed by atoms with Gasteiger partial charge in [-0.2, -0.15) is 5.10 Å². The van der Waals surface area contributed by atoms with Crippen molar-refractivity contribution in [1.82, 2.24) is 14.9 Å². The van der Waals surface area contributed by atoms with E-state index in [0.717, 1.165) is 18.2 Å². The van der Waals surface area contributed by atoms with Gasteiger partial charge in [0.15, 0.2) is 0 Å². The van der Waals surface area contributed by atoms with Gasteiger partial charge >= 0.3 is 0 Å². The van der Waals surface area contributed by atoms with E-state index in [1.807, 2.05) is 47.1 Å². The number of carbonyl (C=O) groups excluding carboxylic acids is 1. The maximum atomic E-state index is 13.2. The number of rotatable bonds is 5. The average Bonchev–Trinajstić information content (AvgIpc) is 3.05. The number of hydrazone groups is 1. The molecule has 0 aliphatic carbocycles. The van der Waals surface area contributed by atoms with Crippen LogP contribution in [0.2, 0.25) is 0 Å². The minimum absolute atomic E-state index is 0.0874. The van der Waals surface area contributed by atoms with Gasteiger partial charge in [0.2, 0.25) is 5.95 Å². The largest absolute Gasteiger partial charge is 0.340 e. The first-order chi connectivity index (χ1) is 15.6. The van der Waals surface area contributed by atoms with Crippen molar-refractivity contribution < 1.29 is 4.79 Å². The van der Waals surface area contributed by atoms with Crippen LogP contribution in [0.1, 0.15) is 22.3 Å². The number of carbonyl (C=O) groups is 1. The molecule has 9 nitrogen and oxygen atoms in total. The number of fused-ring (bicyclic) bond motifs is 1. The van der Waals surface area contributed by atoms with Crippen LogP contribution in [0.3, 0.4) is 0 Å². The topological polar surface area (TPSA) is 118 Å². The monoisotopic (exact) mass is 431 g/mol. The number of aromatic nitrogens is 2. The van der Waals surface area contributed by atoms with Gasteiger partial charge in [-0.05, 0) is 37.1 Å². The molecule has 1 saturated heterocycles. The zero-order chi connectivity index (χ0) is 22.5. The number of anilines is 2. The van der Waals surface area contributed by atoms with Crippen molar-refractivity contribution in [1.29, 1.82) is 5.41 Å². The van der Waals surface area contributed by atoms with Gasteiger partial charge in [0.1, 0.15) is 0 Å². The molecule has 1 aliphatic heterocycles. The van der Waals surface area contributed by atoms with Gasteiger partial charge in [0.05, 0.1) is 28.4 Å². The highest BCUT2D eigenvalue weighted by Gasteiger charge is 2.23. The van der Waals surface area contributed by atoms with Crippen molar-refractivity contribution in [3.63, 3.8) is 0 Å². The number of para-hydroxylation sites is 1. The van der Waals surface area contributed by atoms with Gasteiger partial charge in [-0.25, -0.2) is 4.98 Å². The van der Waals surface area contributed by atoms with Gasteiger partial charge < -0.3 is 15.2 Å². The first-order valence-electron chi connectivity index (χ1n) is 10.5. The number of aromatic amines is 1. The Balaban J connectivity index is 1.52. The molecule has 0 bridgehead atoms. The molecular formula is C23H25N7O2. The summed E-state index contributed by atoms with van der Waals surface area (Å²) in [6, 6.07) is 12.8. The maximum Gasteiger partial charge on any atom is 0.260 e. The molecule has 0 saturated carbocycles. The van der Waals surface area contributed by atoms with E-state index in [9.17, 15) is 9.59 Å². The van der Waals surface area contributed by atoms with E-state index in [-0.39, 0.29) is 11.5 Å². The van der Waals surface area contributed by atoms with Gasteiger partial charge in [0.25, 0.3) is 11.5 Å². The summed E-state index contributed by atoms with van der Waals surface area (Å²) in [6.07, 6.45) is 3.13.